The van der Waals surface area contributed by atoms with Crippen molar-refractivity contribution in [3.63, 3.8) is 0 Å². The molecule has 2 atom stereocenters. The van der Waals surface area contributed by atoms with Gasteiger partial charge in [0.05, 0.1) is 5.92 Å². The van der Waals surface area contributed by atoms with Crippen molar-refractivity contribution in [3.8, 4) is 0 Å². The van der Waals surface area contributed by atoms with Gasteiger partial charge in [-0.05, 0) is 32.6 Å². The zero-order chi connectivity index (χ0) is 16.1. The molecule has 0 aromatic rings. The molecule has 1 aliphatic carbocycles. The first-order chi connectivity index (χ1) is 10.5. The van der Waals surface area contributed by atoms with Crippen LogP contribution >= 0.6 is 0 Å². The molecule has 2 fully saturated rings. The number of amides is 2. The van der Waals surface area contributed by atoms with Crippen molar-refractivity contribution in [2.24, 2.45) is 11.8 Å². The molecule has 0 unspecified atom stereocenters. The van der Waals surface area contributed by atoms with Crippen LogP contribution in [0.3, 0.4) is 0 Å². The normalized spacial score (nSPS) is 24.0. The summed E-state index contributed by atoms with van der Waals surface area (Å²) in [5, 5.41) is 12.0. The predicted octanol–water partition coefficient (Wildman–Crippen LogP) is 1.39. The van der Waals surface area contributed by atoms with E-state index in [0.29, 0.717) is 13.0 Å². The average molecular weight is 310 g/mol. The molecule has 6 nitrogen and oxygen atoms in total. The third-order valence-corrected chi connectivity index (χ3v) is 4.72. The largest absolute Gasteiger partial charge is 0.481 e. The van der Waals surface area contributed by atoms with Crippen molar-refractivity contribution in [2.45, 2.75) is 57.9 Å². The Kier molecular flexibility index (Phi) is 5.80. The number of carboxylic acids is 1. The number of carbonyl (C=O) groups excluding carboxylic acids is 2. The first-order valence-corrected chi connectivity index (χ1v) is 8.28. The number of likely N-dealkylation sites (tertiary alicyclic amines) is 1. The van der Waals surface area contributed by atoms with E-state index in [1.807, 2.05) is 6.92 Å². The topological polar surface area (TPSA) is 86.7 Å². The first-order valence-electron chi connectivity index (χ1n) is 8.28. The minimum atomic E-state index is -0.833. The van der Waals surface area contributed by atoms with Crippen LogP contribution < -0.4 is 5.32 Å². The molecule has 0 bridgehead atoms. The van der Waals surface area contributed by atoms with Crippen LogP contribution in [0.15, 0.2) is 0 Å². The number of nitrogens with zero attached hydrogens (tertiary/aromatic N) is 1. The standard InChI is InChI=1S/C16H26N2O4/c1-11(17-15(20)12-5-2-3-6-12)9-14(19)18-8-4-7-13(10-18)16(21)22/h11-13H,2-10H2,1H3,(H,17,20)(H,21,22)/t11-,13-/m0/s1. The predicted molar refractivity (Wildman–Crippen MR) is 81.1 cm³/mol. The van der Waals surface area contributed by atoms with Crippen molar-refractivity contribution < 1.29 is 19.5 Å². The third-order valence-electron chi connectivity index (χ3n) is 4.72. The molecule has 0 radical (unpaired) electrons. The van der Waals surface area contributed by atoms with Gasteiger partial charge in [-0.3, -0.25) is 14.4 Å². The van der Waals surface area contributed by atoms with Gasteiger partial charge in [-0.25, -0.2) is 0 Å². The Bertz CT molecular complexity index is 432. The smallest absolute Gasteiger partial charge is 0.308 e. The molecule has 124 valence electrons. The second-order valence-corrected chi connectivity index (χ2v) is 6.61. The Balaban J connectivity index is 1.77. The van der Waals surface area contributed by atoms with Gasteiger partial charge in [-0.2, -0.15) is 0 Å². The van der Waals surface area contributed by atoms with Gasteiger partial charge in [0.1, 0.15) is 0 Å². The zero-order valence-corrected chi connectivity index (χ0v) is 13.2. The maximum atomic E-state index is 12.3. The minimum Gasteiger partial charge on any atom is -0.481 e. The molecule has 2 rings (SSSR count). The van der Waals surface area contributed by atoms with Crippen LogP contribution in [0, 0.1) is 11.8 Å². The fraction of sp³-hybridized carbons (Fsp3) is 0.812. The summed E-state index contributed by atoms with van der Waals surface area (Å²) in [6.07, 6.45) is 5.70. The van der Waals surface area contributed by atoms with E-state index in [4.69, 9.17) is 5.11 Å². The highest BCUT2D eigenvalue weighted by atomic mass is 16.4. The highest BCUT2D eigenvalue weighted by Crippen LogP contribution is 2.25. The fourth-order valence-electron chi connectivity index (χ4n) is 3.40. The van der Waals surface area contributed by atoms with Crippen molar-refractivity contribution >= 4 is 17.8 Å². The van der Waals surface area contributed by atoms with Crippen molar-refractivity contribution in [1.29, 1.82) is 0 Å². The molecular weight excluding hydrogens is 284 g/mol. The van der Waals surface area contributed by atoms with E-state index < -0.39 is 11.9 Å². The molecular formula is C16H26N2O4. The molecule has 1 saturated carbocycles. The van der Waals surface area contributed by atoms with E-state index in [1.54, 1.807) is 4.90 Å². The second kappa shape index (κ2) is 7.61. The Hall–Kier alpha value is -1.59. The Morgan fingerprint density at radius 3 is 2.41 bits per heavy atom. The third kappa shape index (κ3) is 4.45. The molecule has 0 spiro atoms. The van der Waals surface area contributed by atoms with Gasteiger partial charge in [0, 0.05) is 31.5 Å². The van der Waals surface area contributed by atoms with E-state index >= 15 is 0 Å². The lowest BCUT2D eigenvalue weighted by molar-refractivity contribution is -0.145. The summed E-state index contributed by atoms with van der Waals surface area (Å²) in [6, 6.07) is -0.203. The number of nitrogens with one attached hydrogen (secondary N) is 1. The van der Waals surface area contributed by atoms with Crippen LogP contribution in [0.2, 0.25) is 0 Å². The van der Waals surface area contributed by atoms with Crippen molar-refractivity contribution in [2.75, 3.05) is 13.1 Å². The van der Waals surface area contributed by atoms with E-state index in [-0.39, 0.29) is 36.7 Å². The van der Waals surface area contributed by atoms with E-state index in [9.17, 15) is 14.4 Å². The lowest BCUT2D eigenvalue weighted by Gasteiger charge is -2.31. The highest BCUT2D eigenvalue weighted by molar-refractivity contribution is 5.81. The van der Waals surface area contributed by atoms with Crippen LogP contribution in [0.5, 0.6) is 0 Å². The number of hydrogen-bond acceptors (Lipinski definition) is 3. The van der Waals surface area contributed by atoms with Crippen LogP contribution in [0.4, 0.5) is 0 Å². The molecule has 2 N–H and O–H groups in total. The van der Waals surface area contributed by atoms with E-state index in [1.165, 1.54) is 0 Å². The molecule has 2 aliphatic rings. The lowest BCUT2D eigenvalue weighted by atomic mass is 9.97. The average Bonchev–Trinajstić information content (AvgIpc) is 3.01. The lowest BCUT2D eigenvalue weighted by Crippen LogP contribution is -2.45. The number of piperidine rings is 1. The summed E-state index contributed by atoms with van der Waals surface area (Å²) in [5.41, 5.74) is 0. The van der Waals surface area contributed by atoms with Gasteiger partial charge in [0.15, 0.2) is 0 Å². The Morgan fingerprint density at radius 2 is 1.77 bits per heavy atom. The summed E-state index contributed by atoms with van der Waals surface area (Å²) in [7, 11) is 0. The van der Waals surface area contributed by atoms with Gasteiger partial charge >= 0.3 is 5.97 Å². The van der Waals surface area contributed by atoms with Gasteiger partial charge < -0.3 is 15.3 Å². The maximum Gasteiger partial charge on any atom is 0.308 e. The summed E-state index contributed by atoms with van der Waals surface area (Å²) in [5.74, 6) is -1.20. The molecule has 1 saturated heterocycles. The van der Waals surface area contributed by atoms with Gasteiger partial charge in [0.2, 0.25) is 11.8 Å². The molecule has 1 aliphatic heterocycles. The van der Waals surface area contributed by atoms with E-state index in [0.717, 1.165) is 32.1 Å². The van der Waals surface area contributed by atoms with Crippen LogP contribution in [-0.4, -0.2) is 46.9 Å². The molecule has 1 heterocycles. The van der Waals surface area contributed by atoms with Crippen molar-refractivity contribution in [1.82, 2.24) is 10.2 Å². The molecule has 0 aromatic carbocycles. The van der Waals surface area contributed by atoms with Crippen LogP contribution in [-0.2, 0) is 14.4 Å². The fourth-order valence-corrected chi connectivity index (χ4v) is 3.40. The van der Waals surface area contributed by atoms with Crippen LogP contribution in [0.25, 0.3) is 0 Å². The molecule has 22 heavy (non-hydrogen) atoms. The second-order valence-electron chi connectivity index (χ2n) is 6.61. The number of rotatable bonds is 5. The number of hydrogen-bond donors (Lipinski definition) is 2. The number of carboxylic acid groups (broad SMARTS) is 1. The monoisotopic (exact) mass is 310 g/mol. The van der Waals surface area contributed by atoms with Gasteiger partial charge in [-0.1, -0.05) is 12.8 Å². The number of carbonyl (C=O) groups is 3. The SMILES string of the molecule is C[C@@H](CC(=O)N1CCC[C@H](C(=O)O)C1)NC(=O)C1CCCC1. The highest BCUT2D eigenvalue weighted by Gasteiger charge is 2.29. The quantitative estimate of drug-likeness (QED) is 0.803. The minimum absolute atomic E-state index is 0.0554. The van der Waals surface area contributed by atoms with Crippen molar-refractivity contribution in [3.05, 3.63) is 0 Å². The Labute approximate surface area is 131 Å². The summed E-state index contributed by atoms with van der Waals surface area (Å²) < 4.78 is 0. The molecule has 0 aromatic heterocycles. The maximum absolute atomic E-state index is 12.3. The molecule has 2 amide bonds. The number of aliphatic carboxylic acids is 1. The summed E-state index contributed by atoms with van der Waals surface area (Å²) >= 11 is 0. The van der Waals surface area contributed by atoms with E-state index in [2.05, 4.69) is 5.32 Å². The molecule has 6 heteroatoms. The van der Waals surface area contributed by atoms with Gasteiger partial charge in [0.25, 0.3) is 0 Å². The zero-order valence-electron chi connectivity index (χ0n) is 13.2. The van der Waals surface area contributed by atoms with Crippen LogP contribution in [0.1, 0.15) is 51.9 Å². The first kappa shape index (κ1) is 16.8. The summed E-state index contributed by atoms with van der Waals surface area (Å²) in [6.45, 7) is 2.74. The summed E-state index contributed by atoms with van der Waals surface area (Å²) in [4.78, 5) is 37.0. The Morgan fingerprint density at radius 1 is 1.14 bits per heavy atom. The van der Waals surface area contributed by atoms with Gasteiger partial charge in [-0.15, -0.1) is 0 Å².